The molecule has 5 heteroatoms. The Bertz CT molecular complexity index is 766. The van der Waals surface area contributed by atoms with Crippen molar-refractivity contribution in [3.8, 4) is 10.6 Å². The van der Waals surface area contributed by atoms with Gasteiger partial charge in [0.05, 0.1) is 12.1 Å². The molecule has 0 bridgehead atoms. The minimum Gasteiger partial charge on any atom is -0.338 e. The molecule has 3 nitrogen and oxygen atoms in total. The van der Waals surface area contributed by atoms with Crippen molar-refractivity contribution in [1.82, 2.24) is 9.88 Å². The Morgan fingerprint density at radius 1 is 1.17 bits per heavy atom. The number of carbonyl (C=O) groups excluding carboxylic acids is 1. The molecular formula is C19H20N2OS2. The van der Waals surface area contributed by atoms with E-state index in [0.29, 0.717) is 13.0 Å². The Balaban J connectivity index is 1.67. The molecule has 0 aliphatic rings. The van der Waals surface area contributed by atoms with Gasteiger partial charge in [-0.3, -0.25) is 4.79 Å². The zero-order chi connectivity index (χ0) is 16.8. The molecule has 0 spiro atoms. The summed E-state index contributed by atoms with van der Waals surface area (Å²) in [5.74, 6) is 0.142. The Hall–Kier alpha value is -1.98. The Morgan fingerprint density at radius 2 is 2.00 bits per heavy atom. The molecule has 3 rings (SSSR count). The standard InChI is InChI=1S/C19H20N2OS2/c1-2-9-21(12-15-6-4-3-5-7-15)18(22)11-17-14-24-19(20-17)16-8-10-23-13-16/h3-8,10,13-14H,2,9,11-12H2,1H3. The van der Waals surface area contributed by atoms with Gasteiger partial charge in [0.25, 0.3) is 0 Å². The van der Waals surface area contributed by atoms with Crippen LogP contribution in [0.15, 0.2) is 52.5 Å². The monoisotopic (exact) mass is 356 g/mol. The van der Waals surface area contributed by atoms with E-state index in [1.807, 2.05) is 33.9 Å². The number of thiazole rings is 1. The van der Waals surface area contributed by atoms with Gasteiger partial charge in [-0.1, -0.05) is 37.3 Å². The lowest BCUT2D eigenvalue weighted by atomic mass is 10.2. The van der Waals surface area contributed by atoms with E-state index in [-0.39, 0.29) is 5.91 Å². The first-order valence-electron chi connectivity index (χ1n) is 8.05. The van der Waals surface area contributed by atoms with Crippen molar-refractivity contribution in [3.63, 3.8) is 0 Å². The van der Waals surface area contributed by atoms with Gasteiger partial charge in [0.2, 0.25) is 5.91 Å². The molecule has 0 aliphatic heterocycles. The number of amides is 1. The van der Waals surface area contributed by atoms with E-state index in [4.69, 9.17) is 0 Å². The molecule has 0 saturated carbocycles. The molecule has 0 atom stereocenters. The lowest BCUT2D eigenvalue weighted by Gasteiger charge is -2.22. The van der Waals surface area contributed by atoms with Crippen LogP contribution in [0.25, 0.3) is 10.6 Å². The first-order valence-corrected chi connectivity index (χ1v) is 9.87. The van der Waals surface area contributed by atoms with Crippen molar-refractivity contribution in [1.29, 1.82) is 0 Å². The number of aromatic nitrogens is 1. The van der Waals surface area contributed by atoms with Crippen molar-refractivity contribution in [2.24, 2.45) is 0 Å². The van der Waals surface area contributed by atoms with Crippen LogP contribution in [0.4, 0.5) is 0 Å². The van der Waals surface area contributed by atoms with Crippen molar-refractivity contribution >= 4 is 28.6 Å². The second-order valence-corrected chi connectivity index (χ2v) is 7.27. The lowest BCUT2D eigenvalue weighted by Crippen LogP contribution is -2.32. The van der Waals surface area contributed by atoms with Crippen molar-refractivity contribution < 1.29 is 4.79 Å². The Morgan fingerprint density at radius 3 is 2.71 bits per heavy atom. The van der Waals surface area contributed by atoms with Crippen LogP contribution in [0.1, 0.15) is 24.6 Å². The summed E-state index contributed by atoms with van der Waals surface area (Å²) in [7, 11) is 0. The molecular weight excluding hydrogens is 336 g/mol. The molecule has 0 saturated heterocycles. The van der Waals surface area contributed by atoms with Crippen molar-refractivity contribution in [2.45, 2.75) is 26.3 Å². The molecule has 0 aliphatic carbocycles. The first-order chi connectivity index (χ1) is 11.8. The maximum atomic E-state index is 12.7. The third kappa shape index (κ3) is 4.30. The van der Waals surface area contributed by atoms with Crippen molar-refractivity contribution in [2.75, 3.05) is 6.54 Å². The Kier molecular flexibility index (Phi) is 5.77. The first kappa shape index (κ1) is 16.9. The third-order valence-electron chi connectivity index (χ3n) is 3.71. The highest BCUT2D eigenvalue weighted by Crippen LogP contribution is 2.26. The highest BCUT2D eigenvalue weighted by atomic mass is 32.1. The van der Waals surface area contributed by atoms with Gasteiger partial charge in [-0.25, -0.2) is 4.98 Å². The van der Waals surface area contributed by atoms with Gasteiger partial charge in [0, 0.05) is 29.4 Å². The molecule has 2 aromatic heterocycles. The molecule has 0 fully saturated rings. The summed E-state index contributed by atoms with van der Waals surface area (Å²) < 4.78 is 0. The van der Waals surface area contributed by atoms with E-state index in [0.717, 1.165) is 34.8 Å². The van der Waals surface area contributed by atoms with Gasteiger partial charge in [0.15, 0.2) is 0 Å². The SMILES string of the molecule is CCCN(Cc1ccccc1)C(=O)Cc1csc(-c2ccsc2)n1. The molecule has 24 heavy (non-hydrogen) atoms. The van der Waals surface area contributed by atoms with E-state index < -0.39 is 0 Å². The highest BCUT2D eigenvalue weighted by Gasteiger charge is 2.16. The summed E-state index contributed by atoms with van der Waals surface area (Å²) in [6.45, 7) is 3.53. The minimum absolute atomic E-state index is 0.142. The second-order valence-electron chi connectivity index (χ2n) is 5.63. The zero-order valence-electron chi connectivity index (χ0n) is 13.6. The van der Waals surface area contributed by atoms with E-state index in [1.54, 1.807) is 22.7 Å². The van der Waals surface area contributed by atoms with Gasteiger partial charge < -0.3 is 4.90 Å². The normalized spacial score (nSPS) is 10.7. The number of carbonyl (C=O) groups is 1. The third-order valence-corrected chi connectivity index (χ3v) is 5.34. The fourth-order valence-corrected chi connectivity index (χ4v) is 4.07. The summed E-state index contributed by atoms with van der Waals surface area (Å²) in [5, 5.41) is 7.12. The van der Waals surface area contributed by atoms with Gasteiger partial charge in [-0.2, -0.15) is 11.3 Å². The topological polar surface area (TPSA) is 33.2 Å². The van der Waals surface area contributed by atoms with Crippen LogP contribution >= 0.6 is 22.7 Å². The summed E-state index contributed by atoms with van der Waals surface area (Å²) >= 11 is 3.26. The fourth-order valence-electron chi connectivity index (χ4n) is 2.54. The number of nitrogens with zero attached hydrogens (tertiary/aromatic N) is 2. The molecule has 0 radical (unpaired) electrons. The predicted octanol–water partition coefficient (Wildman–Crippen LogP) is 4.85. The summed E-state index contributed by atoms with van der Waals surface area (Å²) in [6.07, 6.45) is 1.32. The van der Waals surface area contributed by atoms with Crippen LogP contribution in [0.3, 0.4) is 0 Å². The van der Waals surface area contributed by atoms with Crippen LogP contribution in [-0.4, -0.2) is 22.3 Å². The molecule has 0 unspecified atom stereocenters. The van der Waals surface area contributed by atoms with E-state index in [9.17, 15) is 4.79 Å². The lowest BCUT2D eigenvalue weighted by molar-refractivity contribution is -0.131. The molecule has 2 heterocycles. The molecule has 1 amide bonds. The molecule has 1 aromatic carbocycles. The van der Waals surface area contributed by atoms with Crippen LogP contribution in [0, 0.1) is 0 Å². The van der Waals surface area contributed by atoms with Crippen LogP contribution in [0.2, 0.25) is 0 Å². The highest BCUT2D eigenvalue weighted by molar-refractivity contribution is 7.14. The summed E-state index contributed by atoms with van der Waals surface area (Å²) in [4.78, 5) is 19.2. The second kappa shape index (κ2) is 8.22. The van der Waals surface area contributed by atoms with E-state index >= 15 is 0 Å². The average molecular weight is 357 g/mol. The largest absolute Gasteiger partial charge is 0.338 e. The maximum Gasteiger partial charge on any atom is 0.228 e. The molecule has 0 N–H and O–H groups in total. The van der Waals surface area contributed by atoms with Crippen LogP contribution in [0.5, 0.6) is 0 Å². The predicted molar refractivity (Wildman–Crippen MR) is 101 cm³/mol. The van der Waals surface area contributed by atoms with E-state index in [1.165, 1.54) is 0 Å². The number of hydrogen-bond donors (Lipinski definition) is 0. The van der Waals surface area contributed by atoms with E-state index in [2.05, 4.69) is 35.5 Å². The van der Waals surface area contributed by atoms with Gasteiger partial charge in [-0.05, 0) is 23.4 Å². The smallest absolute Gasteiger partial charge is 0.228 e. The quantitative estimate of drug-likeness (QED) is 0.606. The van der Waals surface area contributed by atoms with Crippen LogP contribution < -0.4 is 0 Å². The number of hydrogen-bond acceptors (Lipinski definition) is 4. The van der Waals surface area contributed by atoms with Crippen LogP contribution in [-0.2, 0) is 17.8 Å². The number of thiophene rings is 1. The maximum absolute atomic E-state index is 12.7. The average Bonchev–Trinajstić information content (AvgIpc) is 3.26. The zero-order valence-corrected chi connectivity index (χ0v) is 15.3. The van der Waals surface area contributed by atoms with Crippen molar-refractivity contribution in [3.05, 3.63) is 63.8 Å². The van der Waals surface area contributed by atoms with Gasteiger partial charge in [0.1, 0.15) is 5.01 Å². The van der Waals surface area contributed by atoms with Gasteiger partial charge >= 0.3 is 0 Å². The van der Waals surface area contributed by atoms with Gasteiger partial charge in [-0.15, -0.1) is 11.3 Å². The minimum atomic E-state index is 0.142. The Labute approximate surface area is 150 Å². The molecule has 124 valence electrons. The number of benzene rings is 1. The molecule has 3 aromatic rings. The summed E-state index contributed by atoms with van der Waals surface area (Å²) in [5.41, 5.74) is 3.16. The number of rotatable bonds is 7. The summed E-state index contributed by atoms with van der Waals surface area (Å²) in [6, 6.07) is 12.2. The fraction of sp³-hybridized carbons (Fsp3) is 0.263.